The van der Waals surface area contributed by atoms with Crippen LogP contribution in [-0.4, -0.2) is 26.0 Å². The SMILES string of the molecule is O=S1(=O)CC(Oc2ccccc2)C1. The van der Waals surface area contributed by atoms with Crippen molar-refractivity contribution in [3.63, 3.8) is 0 Å². The van der Waals surface area contributed by atoms with E-state index in [2.05, 4.69) is 0 Å². The van der Waals surface area contributed by atoms with Gasteiger partial charge in [-0.3, -0.25) is 0 Å². The Labute approximate surface area is 77.3 Å². The van der Waals surface area contributed by atoms with Crippen molar-refractivity contribution >= 4 is 9.84 Å². The van der Waals surface area contributed by atoms with Gasteiger partial charge >= 0.3 is 0 Å². The Hall–Kier alpha value is -1.03. The Kier molecular flexibility index (Phi) is 2.00. The van der Waals surface area contributed by atoms with E-state index < -0.39 is 9.84 Å². The van der Waals surface area contributed by atoms with Gasteiger partial charge in [-0.05, 0) is 12.1 Å². The third-order valence-electron chi connectivity index (χ3n) is 1.93. The summed E-state index contributed by atoms with van der Waals surface area (Å²) in [6, 6.07) is 9.27. The second-order valence-electron chi connectivity index (χ2n) is 3.13. The first kappa shape index (κ1) is 8.56. The third-order valence-corrected chi connectivity index (χ3v) is 3.68. The molecule has 1 aliphatic heterocycles. The van der Waals surface area contributed by atoms with Gasteiger partial charge in [0.05, 0.1) is 11.5 Å². The largest absolute Gasteiger partial charge is 0.488 e. The maximum atomic E-state index is 10.8. The Morgan fingerprint density at radius 1 is 1.15 bits per heavy atom. The Balaban J connectivity index is 1.95. The normalized spacial score (nSPS) is 20.6. The molecule has 3 nitrogen and oxygen atoms in total. The van der Waals surface area contributed by atoms with E-state index in [4.69, 9.17) is 4.74 Å². The maximum Gasteiger partial charge on any atom is 0.157 e. The zero-order chi connectivity index (χ0) is 9.31. The lowest BCUT2D eigenvalue weighted by molar-refractivity contribution is 0.230. The fraction of sp³-hybridized carbons (Fsp3) is 0.333. The number of rotatable bonds is 2. The highest BCUT2D eigenvalue weighted by Crippen LogP contribution is 2.18. The summed E-state index contributed by atoms with van der Waals surface area (Å²) in [6.45, 7) is 0. The first-order valence-corrected chi connectivity index (χ1v) is 5.90. The second-order valence-corrected chi connectivity index (χ2v) is 5.28. The molecule has 1 heterocycles. The van der Waals surface area contributed by atoms with E-state index >= 15 is 0 Å². The molecule has 0 N–H and O–H groups in total. The van der Waals surface area contributed by atoms with Gasteiger partial charge in [-0.2, -0.15) is 0 Å². The van der Waals surface area contributed by atoms with Crippen LogP contribution >= 0.6 is 0 Å². The van der Waals surface area contributed by atoms with Crippen LogP contribution in [0.2, 0.25) is 0 Å². The summed E-state index contributed by atoms with van der Waals surface area (Å²) < 4.78 is 27.0. The lowest BCUT2D eigenvalue weighted by atomic mass is 10.3. The van der Waals surface area contributed by atoms with Gasteiger partial charge in [0.2, 0.25) is 0 Å². The summed E-state index contributed by atoms with van der Waals surface area (Å²) in [5.41, 5.74) is 0. The van der Waals surface area contributed by atoms with Crippen molar-refractivity contribution in [1.82, 2.24) is 0 Å². The third kappa shape index (κ3) is 2.01. The zero-order valence-corrected chi connectivity index (χ0v) is 7.83. The van der Waals surface area contributed by atoms with Gasteiger partial charge in [0.25, 0.3) is 0 Å². The van der Waals surface area contributed by atoms with Crippen LogP contribution in [0.1, 0.15) is 0 Å². The number of benzene rings is 1. The fourth-order valence-electron chi connectivity index (χ4n) is 1.28. The molecule has 1 fully saturated rings. The molecule has 0 amide bonds. The molecule has 4 heteroatoms. The highest BCUT2D eigenvalue weighted by Gasteiger charge is 2.35. The Bertz CT molecular complexity index is 371. The zero-order valence-electron chi connectivity index (χ0n) is 7.01. The number of hydrogen-bond acceptors (Lipinski definition) is 3. The molecule has 70 valence electrons. The molecule has 0 spiro atoms. The molecular formula is C9H10O3S. The van der Waals surface area contributed by atoms with Crippen molar-refractivity contribution in [3.05, 3.63) is 30.3 Å². The summed E-state index contributed by atoms with van der Waals surface area (Å²) in [6.07, 6.45) is -0.146. The topological polar surface area (TPSA) is 43.4 Å². The summed E-state index contributed by atoms with van der Waals surface area (Å²) in [5.74, 6) is 1.05. The van der Waals surface area contributed by atoms with Crippen molar-refractivity contribution < 1.29 is 13.2 Å². The van der Waals surface area contributed by atoms with E-state index in [0.717, 1.165) is 5.75 Å². The molecule has 0 aliphatic carbocycles. The molecule has 0 bridgehead atoms. The molecule has 0 radical (unpaired) electrons. The number of ether oxygens (including phenoxy) is 1. The van der Waals surface area contributed by atoms with Gasteiger partial charge < -0.3 is 4.74 Å². The van der Waals surface area contributed by atoms with Crippen LogP contribution in [0, 0.1) is 0 Å². The Morgan fingerprint density at radius 3 is 2.31 bits per heavy atom. The van der Waals surface area contributed by atoms with Gasteiger partial charge in [0, 0.05) is 0 Å². The molecule has 0 atom stereocenters. The van der Waals surface area contributed by atoms with Crippen molar-refractivity contribution in [2.45, 2.75) is 6.10 Å². The number of para-hydroxylation sites is 1. The minimum Gasteiger partial charge on any atom is -0.488 e. The number of hydrogen-bond donors (Lipinski definition) is 0. The summed E-state index contributed by atoms with van der Waals surface area (Å²) in [4.78, 5) is 0. The molecule has 1 aromatic carbocycles. The van der Waals surface area contributed by atoms with Crippen LogP contribution in [-0.2, 0) is 9.84 Å². The van der Waals surface area contributed by atoms with E-state index in [-0.39, 0.29) is 17.6 Å². The van der Waals surface area contributed by atoms with Crippen LogP contribution in [0.15, 0.2) is 30.3 Å². The van der Waals surface area contributed by atoms with Gasteiger partial charge in [-0.25, -0.2) is 8.42 Å². The highest BCUT2D eigenvalue weighted by atomic mass is 32.2. The van der Waals surface area contributed by atoms with Crippen LogP contribution in [0.4, 0.5) is 0 Å². The molecule has 1 saturated heterocycles. The highest BCUT2D eigenvalue weighted by molar-refractivity contribution is 7.92. The smallest absolute Gasteiger partial charge is 0.157 e. The number of sulfone groups is 1. The van der Waals surface area contributed by atoms with Crippen LogP contribution in [0.5, 0.6) is 5.75 Å². The van der Waals surface area contributed by atoms with Crippen LogP contribution in [0.3, 0.4) is 0 Å². The summed E-state index contributed by atoms with van der Waals surface area (Å²) >= 11 is 0. The van der Waals surface area contributed by atoms with Crippen LogP contribution in [0.25, 0.3) is 0 Å². The van der Waals surface area contributed by atoms with Crippen molar-refractivity contribution in [2.75, 3.05) is 11.5 Å². The lowest BCUT2D eigenvalue weighted by Gasteiger charge is -2.26. The first-order chi connectivity index (χ1) is 6.16. The van der Waals surface area contributed by atoms with E-state index in [0.29, 0.717) is 0 Å². The van der Waals surface area contributed by atoms with Gasteiger partial charge in [0.1, 0.15) is 11.9 Å². The molecule has 1 aromatic rings. The predicted octanol–water partition coefficient (Wildman–Crippen LogP) is 0.862. The molecule has 13 heavy (non-hydrogen) atoms. The average Bonchev–Trinajstić information content (AvgIpc) is 2.03. The van der Waals surface area contributed by atoms with Gasteiger partial charge in [0.15, 0.2) is 9.84 Å². The van der Waals surface area contributed by atoms with E-state index in [1.54, 1.807) is 0 Å². The van der Waals surface area contributed by atoms with Crippen molar-refractivity contribution in [2.24, 2.45) is 0 Å². The quantitative estimate of drug-likeness (QED) is 0.708. The molecule has 2 rings (SSSR count). The molecule has 1 aliphatic rings. The van der Waals surface area contributed by atoms with E-state index in [9.17, 15) is 8.42 Å². The fourth-order valence-corrected chi connectivity index (χ4v) is 2.45. The van der Waals surface area contributed by atoms with Gasteiger partial charge in [-0.1, -0.05) is 18.2 Å². The second kappa shape index (κ2) is 3.03. The summed E-state index contributed by atoms with van der Waals surface area (Å²) in [7, 11) is -2.78. The molecular weight excluding hydrogens is 188 g/mol. The van der Waals surface area contributed by atoms with Gasteiger partial charge in [-0.15, -0.1) is 0 Å². The van der Waals surface area contributed by atoms with E-state index in [1.807, 2.05) is 30.3 Å². The average molecular weight is 198 g/mol. The molecule has 0 aromatic heterocycles. The van der Waals surface area contributed by atoms with Crippen LogP contribution < -0.4 is 4.74 Å². The minimum atomic E-state index is -2.78. The summed E-state index contributed by atoms with van der Waals surface area (Å²) in [5, 5.41) is 0. The van der Waals surface area contributed by atoms with Crippen molar-refractivity contribution in [3.8, 4) is 5.75 Å². The lowest BCUT2D eigenvalue weighted by Crippen LogP contribution is -2.45. The monoisotopic (exact) mass is 198 g/mol. The maximum absolute atomic E-state index is 10.8. The van der Waals surface area contributed by atoms with E-state index in [1.165, 1.54) is 0 Å². The Morgan fingerprint density at radius 2 is 1.77 bits per heavy atom. The minimum absolute atomic E-state index is 0.146. The standard InChI is InChI=1S/C9H10O3S/c10-13(11)6-9(7-13)12-8-4-2-1-3-5-8/h1-5,9H,6-7H2. The first-order valence-electron chi connectivity index (χ1n) is 4.08. The molecule has 0 saturated carbocycles. The molecule has 0 unspecified atom stereocenters. The van der Waals surface area contributed by atoms with Crippen molar-refractivity contribution in [1.29, 1.82) is 0 Å². The predicted molar refractivity (Wildman–Crippen MR) is 49.5 cm³/mol.